The van der Waals surface area contributed by atoms with E-state index < -0.39 is 0 Å². The molecule has 1 unspecified atom stereocenters. The van der Waals surface area contributed by atoms with Gasteiger partial charge in [0, 0.05) is 25.0 Å². The van der Waals surface area contributed by atoms with E-state index in [4.69, 9.17) is 5.73 Å². The maximum absolute atomic E-state index is 6.12. The van der Waals surface area contributed by atoms with Crippen molar-refractivity contribution in [1.29, 1.82) is 0 Å². The molecule has 0 aromatic carbocycles. The second-order valence-corrected chi connectivity index (χ2v) is 5.14. The van der Waals surface area contributed by atoms with Crippen LogP contribution in [0, 0.1) is 0 Å². The van der Waals surface area contributed by atoms with Crippen molar-refractivity contribution >= 4 is 0 Å². The van der Waals surface area contributed by atoms with Gasteiger partial charge in [0.25, 0.3) is 0 Å². The Balaban J connectivity index is 1.66. The lowest BCUT2D eigenvalue weighted by Crippen LogP contribution is -2.17. The van der Waals surface area contributed by atoms with Crippen LogP contribution >= 0.6 is 0 Å². The standard InChI is InChI=1S/C14H19N5/c15-13(14-16-7-3-8-17-14)10-11-6-9-19(18-11)12-4-1-2-5-12/h3,6-9,12-13H,1-2,4-5,10,15H2. The van der Waals surface area contributed by atoms with Crippen LogP contribution < -0.4 is 5.73 Å². The zero-order chi connectivity index (χ0) is 13.1. The van der Waals surface area contributed by atoms with Crippen LogP contribution in [-0.2, 0) is 6.42 Å². The van der Waals surface area contributed by atoms with Gasteiger partial charge in [0.1, 0.15) is 5.82 Å². The van der Waals surface area contributed by atoms with Crippen LogP contribution in [-0.4, -0.2) is 19.7 Å². The number of rotatable bonds is 4. The fourth-order valence-corrected chi connectivity index (χ4v) is 2.68. The molecule has 19 heavy (non-hydrogen) atoms. The van der Waals surface area contributed by atoms with Gasteiger partial charge in [0.15, 0.2) is 0 Å². The fourth-order valence-electron chi connectivity index (χ4n) is 2.68. The molecule has 1 aliphatic rings. The average Bonchev–Trinajstić information content (AvgIpc) is 3.10. The molecule has 5 nitrogen and oxygen atoms in total. The first kappa shape index (κ1) is 12.3. The molecule has 1 saturated carbocycles. The Bertz CT molecular complexity index is 516. The third kappa shape index (κ3) is 2.81. The molecule has 2 aromatic heterocycles. The van der Waals surface area contributed by atoms with Gasteiger partial charge >= 0.3 is 0 Å². The first-order valence-corrected chi connectivity index (χ1v) is 6.89. The predicted octanol–water partition coefficient (Wildman–Crippen LogP) is 2.03. The van der Waals surface area contributed by atoms with Crippen LogP contribution in [0.1, 0.15) is 49.3 Å². The molecule has 0 aliphatic heterocycles. The van der Waals surface area contributed by atoms with E-state index in [2.05, 4.69) is 32.0 Å². The molecule has 0 saturated heterocycles. The highest BCUT2D eigenvalue weighted by atomic mass is 15.3. The minimum absolute atomic E-state index is 0.187. The maximum atomic E-state index is 6.12. The Morgan fingerprint density at radius 3 is 2.74 bits per heavy atom. The van der Waals surface area contributed by atoms with E-state index in [9.17, 15) is 0 Å². The van der Waals surface area contributed by atoms with E-state index in [0.717, 1.165) is 5.69 Å². The Morgan fingerprint density at radius 2 is 2.00 bits per heavy atom. The summed E-state index contributed by atoms with van der Waals surface area (Å²) < 4.78 is 2.10. The number of aromatic nitrogens is 4. The van der Waals surface area contributed by atoms with Crippen LogP contribution in [0.3, 0.4) is 0 Å². The largest absolute Gasteiger partial charge is 0.321 e. The molecule has 0 spiro atoms. The highest BCUT2D eigenvalue weighted by molar-refractivity contribution is 5.06. The van der Waals surface area contributed by atoms with Crippen LogP contribution in [0.5, 0.6) is 0 Å². The predicted molar refractivity (Wildman–Crippen MR) is 72.4 cm³/mol. The lowest BCUT2D eigenvalue weighted by molar-refractivity contribution is 0.461. The zero-order valence-electron chi connectivity index (χ0n) is 10.9. The van der Waals surface area contributed by atoms with Crippen LogP contribution in [0.25, 0.3) is 0 Å². The number of hydrogen-bond acceptors (Lipinski definition) is 4. The molecule has 0 bridgehead atoms. The Hall–Kier alpha value is -1.75. The summed E-state index contributed by atoms with van der Waals surface area (Å²) in [5.74, 6) is 0.679. The minimum Gasteiger partial charge on any atom is -0.321 e. The molecule has 1 fully saturated rings. The smallest absolute Gasteiger partial charge is 0.145 e. The van der Waals surface area contributed by atoms with Crippen molar-refractivity contribution in [3.05, 3.63) is 42.2 Å². The fraction of sp³-hybridized carbons (Fsp3) is 0.500. The number of nitrogens with two attached hydrogens (primary N) is 1. The average molecular weight is 257 g/mol. The van der Waals surface area contributed by atoms with Crippen LogP contribution in [0.4, 0.5) is 0 Å². The molecule has 0 amide bonds. The van der Waals surface area contributed by atoms with Crippen molar-refractivity contribution in [2.24, 2.45) is 5.73 Å². The second kappa shape index (κ2) is 5.48. The maximum Gasteiger partial charge on any atom is 0.145 e. The lowest BCUT2D eigenvalue weighted by Gasteiger charge is -2.10. The van der Waals surface area contributed by atoms with Crippen molar-refractivity contribution in [3.8, 4) is 0 Å². The number of hydrogen-bond donors (Lipinski definition) is 1. The molecular formula is C14H19N5. The van der Waals surface area contributed by atoms with Crippen LogP contribution in [0.15, 0.2) is 30.7 Å². The Kier molecular flexibility index (Phi) is 3.55. The van der Waals surface area contributed by atoms with Gasteiger partial charge in [-0.05, 0) is 25.0 Å². The van der Waals surface area contributed by atoms with Crippen molar-refractivity contribution < 1.29 is 0 Å². The van der Waals surface area contributed by atoms with E-state index in [1.165, 1.54) is 25.7 Å². The van der Waals surface area contributed by atoms with E-state index in [1.54, 1.807) is 18.5 Å². The molecule has 2 N–H and O–H groups in total. The third-order valence-corrected chi connectivity index (χ3v) is 3.71. The SMILES string of the molecule is NC(Cc1ccn(C2CCCC2)n1)c1ncccn1. The van der Waals surface area contributed by atoms with Gasteiger partial charge in [-0.3, -0.25) is 4.68 Å². The van der Waals surface area contributed by atoms with Gasteiger partial charge in [-0.15, -0.1) is 0 Å². The molecule has 3 rings (SSSR count). The summed E-state index contributed by atoms with van der Waals surface area (Å²) in [6.45, 7) is 0. The Labute approximate surface area is 112 Å². The van der Waals surface area contributed by atoms with E-state index in [0.29, 0.717) is 18.3 Å². The monoisotopic (exact) mass is 257 g/mol. The molecular weight excluding hydrogens is 238 g/mol. The highest BCUT2D eigenvalue weighted by Gasteiger charge is 2.18. The summed E-state index contributed by atoms with van der Waals surface area (Å²) in [5, 5.41) is 4.64. The van der Waals surface area contributed by atoms with Gasteiger partial charge in [-0.25, -0.2) is 9.97 Å². The van der Waals surface area contributed by atoms with Gasteiger partial charge in [0.2, 0.25) is 0 Å². The summed E-state index contributed by atoms with van der Waals surface area (Å²) in [4.78, 5) is 8.38. The topological polar surface area (TPSA) is 69.6 Å². The summed E-state index contributed by atoms with van der Waals surface area (Å²) in [5.41, 5.74) is 7.14. The summed E-state index contributed by atoms with van der Waals surface area (Å²) in [6.07, 6.45) is 11.3. The molecule has 0 radical (unpaired) electrons. The first-order chi connectivity index (χ1) is 9.33. The zero-order valence-corrected chi connectivity index (χ0v) is 10.9. The van der Waals surface area contributed by atoms with Crippen molar-refractivity contribution in [2.45, 2.75) is 44.2 Å². The van der Waals surface area contributed by atoms with Crippen molar-refractivity contribution in [3.63, 3.8) is 0 Å². The van der Waals surface area contributed by atoms with Gasteiger partial charge in [-0.2, -0.15) is 5.10 Å². The Morgan fingerprint density at radius 1 is 1.26 bits per heavy atom. The van der Waals surface area contributed by atoms with Gasteiger partial charge in [0.05, 0.1) is 17.8 Å². The summed E-state index contributed by atoms with van der Waals surface area (Å²) in [6, 6.07) is 4.25. The third-order valence-electron chi connectivity index (χ3n) is 3.71. The number of nitrogens with zero attached hydrogens (tertiary/aromatic N) is 4. The lowest BCUT2D eigenvalue weighted by atomic mass is 10.1. The molecule has 5 heteroatoms. The van der Waals surface area contributed by atoms with Gasteiger partial charge < -0.3 is 5.73 Å². The quantitative estimate of drug-likeness (QED) is 0.909. The molecule has 2 aromatic rings. The van der Waals surface area contributed by atoms with Crippen molar-refractivity contribution in [1.82, 2.24) is 19.7 Å². The van der Waals surface area contributed by atoms with E-state index in [-0.39, 0.29) is 6.04 Å². The molecule has 2 heterocycles. The van der Waals surface area contributed by atoms with Gasteiger partial charge in [-0.1, -0.05) is 12.8 Å². The van der Waals surface area contributed by atoms with Crippen LogP contribution in [0.2, 0.25) is 0 Å². The normalized spacial score (nSPS) is 17.7. The minimum atomic E-state index is -0.187. The van der Waals surface area contributed by atoms with Crippen molar-refractivity contribution in [2.75, 3.05) is 0 Å². The summed E-state index contributed by atoms with van der Waals surface area (Å²) in [7, 11) is 0. The van der Waals surface area contributed by atoms with E-state index in [1.807, 2.05) is 0 Å². The molecule has 1 aliphatic carbocycles. The summed E-state index contributed by atoms with van der Waals surface area (Å²) >= 11 is 0. The van der Waals surface area contributed by atoms with E-state index >= 15 is 0 Å². The highest BCUT2D eigenvalue weighted by Crippen LogP contribution is 2.28. The second-order valence-electron chi connectivity index (χ2n) is 5.14. The molecule has 100 valence electrons. The first-order valence-electron chi connectivity index (χ1n) is 6.89. The molecule has 1 atom stereocenters.